The zero-order chi connectivity index (χ0) is 18.8. The first kappa shape index (κ1) is 21.3. The first-order valence-electron chi connectivity index (χ1n) is 7.82. The fraction of sp³-hybridized carbons (Fsp3) is 0.100. The fourth-order valence-corrected chi connectivity index (χ4v) is 2.23. The molecule has 1 heterocycles. The molecule has 1 aromatic heterocycles. The number of aliphatic imine (C=N–C) groups is 2. The maximum absolute atomic E-state index is 4.50. The molecule has 0 aliphatic rings. The van der Waals surface area contributed by atoms with Gasteiger partial charge in [-0.25, -0.2) is 0 Å². The van der Waals surface area contributed by atoms with Gasteiger partial charge in [-0.05, 0) is 37.1 Å². The van der Waals surface area contributed by atoms with Gasteiger partial charge in [0.2, 0.25) is 0 Å². The van der Waals surface area contributed by atoms with E-state index in [9.17, 15) is 0 Å². The summed E-state index contributed by atoms with van der Waals surface area (Å²) in [6.45, 7) is 4.09. The van der Waals surface area contributed by atoms with E-state index < -0.39 is 0 Å². The summed E-state index contributed by atoms with van der Waals surface area (Å²) < 4.78 is 0. The SMILES string of the molecule is Cc1ccccc1N=Cc1ccc(C=Nc2ccccc2C)[n-]1.[I][Fe+][I]. The minimum atomic E-state index is 0.833. The van der Waals surface area contributed by atoms with Gasteiger partial charge in [0, 0.05) is 12.4 Å². The van der Waals surface area contributed by atoms with Crippen molar-refractivity contribution in [3.8, 4) is 0 Å². The second-order valence-electron chi connectivity index (χ2n) is 5.43. The Morgan fingerprint density at radius 1 is 0.731 bits per heavy atom. The predicted octanol–water partition coefficient (Wildman–Crippen LogP) is 6.53. The number of nitrogens with zero attached hydrogens (tertiary/aromatic N) is 3. The summed E-state index contributed by atoms with van der Waals surface area (Å²) in [5, 5.41) is 0. The van der Waals surface area contributed by atoms with Crippen LogP contribution in [0.5, 0.6) is 0 Å². The molecule has 26 heavy (non-hydrogen) atoms. The van der Waals surface area contributed by atoms with E-state index in [2.05, 4.69) is 55.7 Å². The van der Waals surface area contributed by atoms with E-state index in [-0.39, 0.29) is 0 Å². The molecule has 3 aromatic rings. The standard InChI is InChI=1S/C20H18N3.Fe.2HI/c1-15-7-3-5-9-19(15)21-13-17-11-12-18(23-17)14-22-20-10-6-4-8-16(20)2;;;/h3-14H,1-2H3;;2*1H/q-1;+3;;/p-2. The molecule has 0 radical (unpaired) electrons. The van der Waals surface area contributed by atoms with Crippen molar-refractivity contribution >= 4 is 64.5 Å². The van der Waals surface area contributed by atoms with Crippen LogP contribution in [0.4, 0.5) is 11.4 Å². The number of aryl methyl sites for hydroxylation is 2. The summed E-state index contributed by atoms with van der Waals surface area (Å²) in [4.78, 5) is 13.5. The molecule has 0 amide bonds. The van der Waals surface area contributed by atoms with Crippen LogP contribution in [0, 0.1) is 13.8 Å². The van der Waals surface area contributed by atoms with Crippen LogP contribution in [0.15, 0.2) is 70.6 Å². The van der Waals surface area contributed by atoms with Gasteiger partial charge in [0.05, 0.1) is 11.4 Å². The molecule has 0 N–H and O–H groups in total. The molecule has 6 heteroatoms. The van der Waals surface area contributed by atoms with Crippen molar-refractivity contribution in [2.45, 2.75) is 13.8 Å². The summed E-state index contributed by atoms with van der Waals surface area (Å²) in [5.41, 5.74) is 5.89. The van der Waals surface area contributed by atoms with Crippen LogP contribution in [0.25, 0.3) is 0 Å². The topological polar surface area (TPSA) is 38.8 Å². The zero-order valence-electron chi connectivity index (χ0n) is 14.4. The third-order valence-corrected chi connectivity index (χ3v) is 3.59. The van der Waals surface area contributed by atoms with Crippen LogP contribution in [-0.2, 0) is 8.46 Å². The number of halogens is 2. The van der Waals surface area contributed by atoms with Crippen LogP contribution in [-0.4, -0.2) is 12.4 Å². The van der Waals surface area contributed by atoms with E-state index in [0.29, 0.717) is 0 Å². The monoisotopic (exact) mass is 610 g/mol. The van der Waals surface area contributed by atoms with Crippen LogP contribution in [0.2, 0.25) is 0 Å². The normalized spacial score (nSPS) is 10.9. The molecular weight excluding hydrogens is 592 g/mol. The quantitative estimate of drug-likeness (QED) is 0.188. The summed E-state index contributed by atoms with van der Waals surface area (Å²) in [6.07, 6.45) is 3.57. The van der Waals surface area contributed by atoms with Gasteiger partial charge in [-0.1, -0.05) is 48.5 Å². The molecule has 0 fully saturated rings. The summed E-state index contributed by atoms with van der Waals surface area (Å²) in [7, 11) is 1.19. The third kappa shape index (κ3) is 6.98. The van der Waals surface area contributed by atoms with Crippen LogP contribution >= 0.6 is 40.7 Å². The van der Waals surface area contributed by atoms with E-state index in [1.165, 1.54) is 8.46 Å². The van der Waals surface area contributed by atoms with Crippen LogP contribution < -0.4 is 4.98 Å². The summed E-state index contributed by atoms with van der Waals surface area (Å²) in [6, 6.07) is 20.0. The molecule has 0 saturated carbocycles. The molecule has 2 aromatic carbocycles. The van der Waals surface area contributed by atoms with Crippen molar-refractivity contribution in [3.05, 3.63) is 83.2 Å². The summed E-state index contributed by atoms with van der Waals surface area (Å²) in [5.74, 6) is 0. The van der Waals surface area contributed by atoms with E-state index in [1.54, 1.807) is 12.4 Å². The Morgan fingerprint density at radius 2 is 1.12 bits per heavy atom. The molecule has 0 atom stereocenters. The molecule has 3 rings (SSSR count). The van der Waals surface area contributed by atoms with Gasteiger partial charge in [0.1, 0.15) is 0 Å². The Hall–Kier alpha value is -0.961. The third-order valence-electron chi connectivity index (χ3n) is 3.59. The van der Waals surface area contributed by atoms with Gasteiger partial charge in [-0.3, -0.25) is 9.98 Å². The van der Waals surface area contributed by atoms with Gasteiger partial charge in [-0.2, -0.15) is 0 Å². The van der Waals surface area contributed by atoms with Crippen molar-refractivity contribution in [2.24, 2.45) is 9.98 Å². The van der Waals surface area contributed by atoms with Gasteiger partial charge in [0.15, 0.2) is 0 Å². The van der Waals surface area contributed by atoms with Crippen molar-refractivity contribution in [1.29, 1.82) is 0 Å². The molecule has 135 valence electrons. The zero-order valence-corrected chi connectivity index (χ0v) is 19.8. The Morgan fingerprint density at radius 3 is 1.50 bits per heavy atom. The van der Waals surface area contributed by atoms with Crippen LogP contribution in [0.3, 0.4) is 0 Å². The molecule has 0 saturated heterocycles. The number of aromatic nitrogens is 1. The molecule has 0 aliphatic heterocycles. The van der Waals surface area contributed by atoms with Gasteiger partial charge >= 0.3 is 49.1 Å². The van der Waals surface area contributed by atoms with Crippen molar-refractivity contribution in [2.75, 3.05) is 0 Å². The Labute approximate surface area is 183 Å². The van der Waals surface area contributed by atoms with Crippen LogP contribution in [0.1, 0.15) is 22.5 Å². The molecule has 0 bridgehead atoms. The van der Waals surface area contributed by atoms with Crippen molar-refractivity contribution in [1.82, 2.24) is 4.98 Å². The Balaban J connectivity index is 0.000000758. The second-order valence-corrected chi connectivity index (χ2v) is 14.8. The number of para-hydroxylation sites is 2. The fourth-order valence-electron chi connectivity index (χ4n) is 2.23. The average molecular weight is 610 g/mol. The Kier molecular flexibility index (Phi) is 9.59. The molecule has 0 aliphatic carbocycles. The maximum atomic E-state index is 4.50. The van der Waals surface area contributed by atoms with Gasteiger partial charge in [0.25, 0.3) is 0 Å². The van der Waals surface area contributed by atoms with E-state index in [1.807, 2.05) is 74.5 Å². The van der Waals surface area contributed by atoms with Gasteiger partial charge in [-0.15, -0.1) is 11.4 Å². The van der Waals surface area contributed by atoms with Crippen molar-refractivity contribution in [3.63, 3.8) is 0 Å². The minimum absolute atomic E-state index is 0.833. The first-order chi connectivity index (χ1) is 12.6. The van der Waals surface area contributed by atoms with E-state index in [4.69, 9.17) is 0 Å². The molecule has 3 nitrogen and oxygen atoms in total. The van der Waals surface area contributed by atoms with E-state index >= 15 is 0 Å². The first-order valence-corrected chi connectivity index (χ1v) is 14.9. The molecule has 0 spiro atoms. The number of hydrogen-bond acceptors (Lipinski definition) is 2. The number of hydrogen-bond donors (Lipinski definition) is 0. The summed E-state index contributed by atoms with van der Waals surface area (Å²) >= 11 is 4.55. The molecule has 0 unspecified atom stereocenters. The number of benzene rings is 2. The average Bonchev–Trinajstić information content (AvgIpc) is 3.09. The van der Waals surface area contributed by atoms with E-state index in [0.717, 1.165) is 33.9 Å². The Bertz CT molecular complexity index is 818. The second kappa shape index (κ2) is 11.7. The van der Waals surface area contributed by atoms with Crippen molar-refractivity contribution < 1.29 is 8.46 Å². The molecular formula is C20H18FeI2N3. The number of rotatable bonds is 4. The predicted molar refractivity (Wildman–Crippen MR) is 125 cm³/mol. The van der Waals surface area contributed by atoms with Gasteiger partial charge < -0.3 is 4.98 Å².